The van der Waals surface area contributed by atoms with Gasteiger partial charge in [-0.3, -0.25) is 0 Å². The van der Waals surface area contributed by atoms with Gasteiger partial charge in [0.1, 0.15) is 5.82 Å². The van der Waals surface area contributed by atoms with E-state index < -0.39 is 0 Å². The molecule has 0 spiro atoms. The number of benzene rings is 2. The second kappa shape index (κ2) is 5.35. The van der Waals surface area contributed by atoms with Crippen molar-refractivity contribution in [1.29, 1.82) is 0 Å². The lowest BCUT2D eigenvalue weighted by molar-refractivity contribution is 0.628. The van der Waals surface area contributed by atoms with Gasteiger partial charge < -0.3 is 0 Å². The summed E-state index contributed by atoms with van der Waals surface area (Å²) in [4.78, 5) is 5.36. The highest BCUT2D eigenvalue weighted by atomic mass is 35.5. The molecule has 20 heavy (non-hydrogen) atoms. The number of halogens is 2. The van der Waals surface area contributed by atoms with Crippen LogP contribution in [0.2, 0.25) is 4.47 Å². The van der Waals surface area contributed by atoms with Crippen molar-refractivity contribution in [2.45, 2.75) is 6.92 Å². The van der Waals surface area contributed by atoms with Crippen LogP contribution < -0.4 is 0 Å². The molecule has 0 N–H and O–H groups in total. The van der Waals surface area contributed by atoms with Gasteiger partial charge in [-0.2, -0.15) is 0 Å². The fourth-order valence-corrected chi connectivity index (χ4v) is 3.13. The van der Waals surface area contributed by atoms with Crippen LogP contribution in [0.1, 0.15) is 5.56 Å². The summed E-state index contributed by atoms with van der Waals surface area (Å²) in [6, 6.07) is 14.5. The van der Waals surface area contributed by atoms with Crippen molar-refractivity contribution in [2.24, 2.45) is 0 Å². The topological polar surface area (TPSA) is 12.9 Å². The quantitative estimate of drug-likeness (QED) is 0.602. The third kappa shape index (κ3) is 2.60. The first-order chi connectivity index (χ1) is 9.63. The molecule has 0 radical (unpaired) electrons. The van der Waals surface area contributed by atoms with Crippen LogP contribution in [0, 0.1) is 12.7 Å². The first kappa shape index (κ1) is 13.3. The molecular formula is C16H11ClFNS. The average molecular weight is 304 g/mol. The van der Waals surface area contributed by atoms with Crippen molar-refractivity contribution in [3.05, 3.63) is 64.4 Å². The van der Waals surface area contributed by atoms with E-state index in [0.29, 0.717) is 4.47 Å². The van der Waals surface area contributed by atoms with E-state index in [0.717, 1.165) is 21.7 Å². The Morgan fingerprint density at radius 1 is 0.950 bits per heavy atom. The van der Waals surface area contributed by atoms with E-state index in [9.17, 15) is 4.39 Å². The Morgan fingerprint density at radius 2 is 1.55 bits per heavy atom. The second-order valence-electron chi connectivity index (χ2n) is 4.52. The van der Waals surface area contributed by atoms with E-state index >= 15 is 0 Å². The van der Waals surface area contributed by atoms with E-state index in [2.05, 4.69) is 4.98 Å². The van der Waals surface area contributed by atoms with Gasteiger partial charge in [0, 0.05) is 5.56 Å². The molecule has 3 aromatic rings. The van der Waals surface area contributed by atoms with E-state index in [1.165, 1.54) is 29.0 Å². The molecule has 0 aliphatic heterocycles. The summed E-state index contributed by atoms with van der Waals surface area (Å²) in [5, 5.41) is 0. The Kier molecular flexibility index (Phi) is 3.55. The van der Waals surface area contributed by atoms with Gasteiger partial charge in [0.25, 0.3) is 0 Å². The van der Waals surface area contributed by atoms with Gasteiger partial charge in [0.15, 0.2) is 4.47 Å². The maximum absolute atomic E-state index is 13.0. The average Bonchev–Trinajstić information content (AvgIpc) is 2.82. The number of hydrogen-bond acceptors (Lipinski definition) is 2. The van der Waals surface area contributed by atoms with Crippen LogP contribution in [0.4, 0.5) is 4.39 Å². The maximum Gasteiger partial charge on any atom is 0.184 e. The summed E-state index contributed by atoms with van der Waals surface area (Å²) in [6.07, 6.45) is 0. The smallest absolute Gasteiger partial charge is 0.184 e. The predicted molar refractivity (Wildman–Crippen MR) is 82.7 cm³/mol. The fourth-order valence-electron chi connectivity index (χ4n) is 2.00. The second-order valence-corrected chi connectivity index (χ2v) is 6.10. The van der Waals surface area contributed by atoms with Gasteiger partial charge in [0.05, 0.1) is 10.6 Å². The first-order valence-corrected chi connectivity index (χ1v) is 7.32. The zero-order valence-corrected chi connectivity index (χ0v) is 12.3. The van der Waals surface area contributed by atoms with Crippen LogP contribution in [0.25, 0.3) is 21.7 Å². The maximum atomic E-state index is 13.0. The normalized spacial score (nSPS) is 10.8. The lowest BCUT2D eigenvalue weighted by Gasteiger charge is -2.03. The minimum Gasteiger partial charge on any atom is -0.224 e. The van der Waals surface area contributed by atoms with E-state index in [-0.39, 0.29) is 5.82 Å². The lowest BCUT2D eigenvalue weighted by atomic mass is 10.1. The molecule has 0 aliphatic carbocycles. The van der Waals surface area contributed by atoms with Gasteiger partial charge >= 0.3 is 0 Å². The summed E-state index contributed by atoms with van der Waals surface area (Å²) in [5.41, 5.74) is 3.97. The molecule has 0 saturated heterocycles. The van der Waals surface area contributed by atoms with E-state index in [1.54, 1.807) is 12.1 Å². The van der Waals surface area contributed by atoms with Crippen LogP contribution in [0.5, 0.6) is 0 Å². The molecule has 1 heterocycles. The molecular weight excluding hydrogens is 293 g/mol. The van der Waals surface area contributed by atoms with Crippen LogP contribution in [0.3, 0.4) is 0 Å². The molecule has 0 atom stereocenters. The van der Waals surface area contributed by atoms with Crippen LogP contribution in [0.15, 0.2) is 48.5 Å². The van der Waals surface area contributed by atoms with Gasteiger partial charge in [-0.25, -0.2) is 9.37 Å². The summed E-state index contributed by atoms with van der Waals surface area (Å²) in [5.74, 6) is -0.249. The summed E-state index contributed by atoms with van der Waals surface area (Å²) in [6.45, 7) is 2.04. The Morgan fingerprint density at radius 3 is 2.20 bits per heavy atom. The highest BCUT2D eigenvalue weighted by Crippen LogP contribution is 2.38. The van der Waals surface area contributed by atoms with Crippen molar-refractivity contribution in [3.8, 4) is 21.7 Å². The molecule has 3 rings (SSSR count). The molecule has 0 unspecified atom stereocenters. The van der Waals surface area contributed by atoms with Crippen molar-refractivity contribution in [1.82, 2.24) is 4.98 Å². The lowest BCUT2D eigenvalue weighted by Crippen LogP contribution is -1.83. The number of hydrogen-bond donors (Lipinski definition) is 0. The summed E-state index contributed by atoms with van der Waals surface area (Å²) >= 11 is 7.47. The number of nitrogens with zero attached hydrogens (tertiary/aromatic N) is 1. The van der Waals surface area contributed by atoms with Crippen molar-refractivity contribution < 1.29 is 4.39 Å². The predicted octanol–water partition coefficient (Wildman–Crippen LogP) is 5.58. The number of aromatic nitrogens is 1. The molecule has 100 valence electrons. The first-order valence-electron chi connectivity index (χ1n) is 6.13. The van der Waals surface area contributed by atoms with Crippen LogP contribution >= 0.6 is 22.9 Å². The van der Waals surface area contributed by atoms with Gasteiger partial charge in [0.2, 0.25) is 0 Å². The highest BCUT2D eigenvalue weighted by Gasteiger charge is 2.14. The standard InChI is InChI=1S/C16H11ClFNS/c1-10-2-4-11(5-3-10)14-15(20-16(17)19-14)12-6-8-13(18)9-7-12/h2-9H,1H3. The van der Waals surface area contributed by atoms with Crippen LogP contribution in [-0.4, -0.2) is 4.98 Å². The molecule has 1 nitrogen and oxygen atoms in total. The molecule has 0 bridgehead atoms. The minimum atomic E-state index is -0.249. The summed E-state index contributed by atoms with van der Waals surface area (Å²) in [7, 11) is 0. The van der Waals surface area contributed by atoms with Gasteiger partial charge in [-0.05, 0) is 24.6 Å². The van der Waals surface area contributed by atoms with E-state index in [1.807, 2.05) is 31.2 Å². The molecule has 0 amide bonds. The van der Waals surface area contributed by atoms with Crippen molar-refractivity contribution >= 4 is 22.9 Å². The third-order valence-corrected chi connectivity index (χ3v) is 4.24. The Balaban J connectivity index is 2.12. The Hall–Kier alpha value is -1.71. The minimum absolute atomic E-state index is 0.249. The molecule has 0 aliphatic rings. The third-order valence-electron chi connectivity index (χ3n) is 3.03. The van der Waals surface area contributed by atoms with E-state index in [4.69, 9.17) is 11.6 Å². The fraction of sp³-hybridized carbons (Fsp3) is 0.0625. The van der Waals surface area contributed by atoms with Gasteiger partial charge in [-0.1, -0.05) is 53.6 Å². The Labute approximate surface area is 125 Å². The number of aryl methyl sites for hydroxylation is 1. The number of rotatable bonds is 2. The molecule has 4 heteroatoms. The zero-order chi connectivity index (χ0) is 14.1. The highest BCUT2D eigenvalue weighted by molar-refractivity contribution is 7.19. The monoisotopic (exact) mass is 303 g/mol. The Bertz CT molecular complexity index is 669. The van der Waals surface area contributed by atoms with Crippen molar-refractivity contribution in [2.75, 3.05) is 0 Å². The van der Waals surface area contributed by atoms with Gasteiger partial charge in [-0.15, -0.1) is 11.3 Å². The zero-order valence-electron chi connectivity index (χ0n) is 10.7. The SMILES string of the molecule is Cc1ccc(-c2nc(Cl)sc2-c2ccc(F)cc2)cc1. The number of thiazole rings is 1. The molecule has 0 fully saturated rings. The summed E-state index contributed by atoms with van der Waals surface area (Å²) < 4.78 is 13.5. The molecule has 2 aromatic carbocycles. The largest absolute Gasteiger partial charge is 0.224 e. The molecule has 1 aromatic heterocycles. The van der Waals surface area contributed by atoms with Crippen molar-refractivity contribution in [3.63, 3.8) is 0 Å². The molecule has 0 saturated carbocycles. The van der Waals surface area contributed by atoms with Crippen LogP contribution in [-0.2, 0) is 0 Å².